The van der Waals surface area contributed by atoms with Crippen LogP contribution in [0.1, 0.15) is 105 Å². The second kappa shape index (κ2) is 12.6. The minimum absolute atomic E-state index is 0.0331. The van der Waals surface area contributed by atoms with Gasteiger partial charge in [0.15, 0.2) is 0 Å². The number of ether oxygens (including phenoxy) is 1. The number of carbonyl (C=O) groups is 3. The second-order valence-electron chi connectivity index (χ2n) is 12.2. The Bertz CT molecular complexity index is 912. The van der Waals surface area contributed by atoms with Gasteiger partial charge in [-0.2, -0.15) is 0 Å². The third-order valence-electron chi connectivity index (χ3n) is 6.03. The Hall–Kier alpha value is -2.57. The van der Waals surface area contributed by atoms with Crippen molar-refractivity contribution < 1.29 is 19.1 Å². The summed E-state index contributed by atoms with van der Waals surface area (Å²) in [6, 6.07) is 4.10. The Balaban J connectivity index is 3.60. The Morgan fingerprint density at radius 1 is 0.944 bits per heavy atom. The molecule has 2 N–H and O–H groups in total. The number of nitrogens with zero attached hydrogens (tertiary/aromatic N) is 1. The van der Waals surface area contributed by atoms with E-state index in [-0.39, 0.29) is 23.8 Å². The van der Waals surface area contributed by atoms with Gasteiger partial charge in [0.2, 0.25) is 11.8 Å². The van der Waals surface area contributed by atoms with Gasteiger partial charge in [0.05, 0.1) is 0 Å². The molecule has 0 bridgehead atoms. The molecule has 0 spiro atoms. The van der Waals surface area contributed by atoms with Gasteiger partial charge in [0.25, 0.3) is 0 Å². The van der Waals surface area contributed by atoms with Gasteiger partial charge in [-0.1, -0.05) is 45.4 Å². The summed E-state index contributed by atoms with van der Waals surface area (Å²) < 4.78 is 5.43. The molecule has 204 valence electrons. The number of alkyl carbamates (subject to hydrolysis) is 1. The zero-order valence-corrected chi connectivity index (χ0v) is 24.5. The number of rotatable bonds is 9. The van der Waals surface area contributed by atoms with Crippen molar-refractivity contribution in [3.8, 4) is 0 Å². The average Bonchev–Trinajstić information content (AvgIpc) is 2.69. The van der Waals surface area contributed by atoms with Gasteiger partial charge in [-0.3, -0.25) is 9.59 Å². The van der Waals surface area contributed by atoms with Crippen LogP contribution in [0.15, 0.2) is 18.2 Å². The lowest BCUT2D eigenvalue weighted by atomic mass is 9.91. The molecule has 3 unspecified atom stereocenters. The Morgan fingerprint density at radius 3 is 1.97 bits per heavy atom. The summed E-state index contributed by atoms with van der Waals surface area (Å²) >= 11 is 0. The average molecular weight is 504 g/mol. The van der Waals surface area contributed by atoms with Crippen LogP contribution in [0.2, 0.25) is 0 Å². The van der Waals surface area contributed by atoms with Crippen LogP contribution in [0, 0.1) is 19.8 Å². The molecule has 1 aromatic rings. The maximum atomic E-state index is 14.2. The molecule has 0 saturated heterocycles. The molecular weight excluding hydrogens is 454 g/mol. The lowest BCUT2D eigenvalue weighted by molar-refractivity contribution is -0.149. The van der Waals surface area contributed by atoms with Crippen molar-refractivity contribution in [3.05, 3.63) is 34.9 Å². The second-order valence-corrected chi connectivity index (χ2v) is 12.2. The van der Waals surface area contributed by atoms with E-state index in [9.17, 15) is 14.4 Å². The van der Waals surface area contributed by atoms with Gasteiger partial charge in [0, 0.05) is 11.6 Å². The highest BCUT2D eigenvalue weighted by Crippen LogP contribution is 2.32. The predicted molar refractivity (Wildman–Crippen MR) is 146 cm³/mol. The van der Waals surface area contributed by atoms with Crippen molar-refractivity contribution in [3.63, 3.8) is 0 Å². The molecule has 0 fully saturated rings. The molecule has 7 heteroatoms. The summed E-state index contributed by atoms with van der Waals surface area (Å²) in [6.45, 7) is 22.9. The first-order valence-electron chi connectivity index (χ1n) is 13.1. The summed E-state index contributed by atoms with van der Waals surface area (Å²) in [5, 5.41) is 5.88. The van der Waals surface area contributed by atoms with Gasteiger partial charge >= 0.3 is 6.09 Å². The molecule has 36 heavy (non-hydrogen) atoms. The highest BCUT2D eigenvalue weighted by molar-refractivity contribution is 5.93. The van der Waals surface area contributed by atoms with E-state index in [1.807, 2.05) is 73.6 Å². The van der Waals surface area contributed by atoms with E-state index in [0.29, 0.717) is 0 Å². The quantitative estimate of drug-likeness (QED) is 0.444. The first-order valence-corrected chi connectivity index (χ1v) is 13.1. The standard InChI is InChI=1S/C29H49N3O4/c1-13-14-21(6)30-25(33)24(22-16-15-19(4)20(5)17-22)32(28(7,8)9)26(34)23(18(2)3)31-27(35)36-29(10,11)12/h15-18,21,23-24H,13-14H2,1-12H3,(H,30,33)(H,31,35). The van der Waals surface area contributed by atoms with Gasteiger partial charge in [0.1, 0.15) is 17.7 Å². The van der Waals surface area contributed by atoms with Crippen molar-refractivity contribution in [1.82, 2.24) is 15.5 Å². The number of amides is 3. The summed E-state index contributed by atoms with van der Waals surface area (Å²) in [5.74, 6) is -0.788. The number of nitrogens with one attached hydrogen (secondary N) is 2. The molecule has 1 aromatic carbocycles. The van der Waals surface area contributed by atoms with Crippen LogP contribution in [0.25, 0.3) is 0 Å². The van der Waals surface area contributed by atoms with E-state index >= 15 is 0 Å². The lowest BCUT2D eigenvalue weighted by Crippen LogP contribution is -2.60. The number of hydrogen-bond acceptors (Lipinski definition) is 4. The van der Waals surface area contributed by atoms with Gasteiger partial charge in [-0.05, 0) is 91.3 Å². The number of benzene rings is 1. The monoisotopic (exact) mass is 503 g/mol. The molecular formula is C29H49N3O4. The molecule has 0 heterocycles. The van der Waals surface area contributed by atoms with Gasteiger partial charge < -0.3 is 20.3 Å². The molecule has 0 radical (unpaired) electrons. The molecule has 0 aliphatic carbocycles. The highest BCUT2D eigenvalue weighted by atomic mass is 16.6. The lowest BCUT2D eigenvalue weighted by Gasteiger charge is -2.44. The van der Waals surface area contributed by atoms with Crippen LogP contribution in [0.4, 0.5) is 4.79 Å². The molecule has 0 aromatic heterocycles. The maximum Gasteiger partial charge on any atom is 0.408 e. The molecule has 3 atom stereocenters. The zero-order valence-electron chi connectivity index (χ0n) is 24.5. The highest BCUT2D eigenvalue weighted by Gasteiger charge is 2.43. The van der Waals surface area contributed by atoms with Crippen molar-refractivity contribution in [2.75, 3.05) is 0 Å². The summed E-state index contributed by atoms with van der Waals surface area (Å²) in [7, 11) is 0. The van der Waals surface area contributed by atoms with Crippen molar-refractivity contribution in [2.45, 2.75) is 125 Å². The SMILES string of the molecule is CCCC(C)NC(=O)C(c1ccc(C)c(C)c1)N(C(=O)C(NC(=O)OC(C)(C)C)C(C)C)C(C)(C)C. The first kappa shape index (κ1) is 31.5. The Morgan fingerprint density at radius 2 is 1.53 bits per heavy atom. The van der Waals surface area contributed by atoms with Crippen LogP contribution >= 0.6 is 0 Å². The molecule has 0 aliphatic rings. The predicted octanol–water partition coefficient (Wildman–Crippen LogP) is 5.83. The van der Waals surface area contributed by atoms with Crippen LogP contribution < -0.4 is 10.6 Å². The molecule has 0 saturated carbocycles. The zero-order chi connectivity index (χ0) is 28.0. The molecule has 0 aliphatic heterocycles. The number of carbonyl (C=O) groups excluding carboxylic acids is 3. The topological polar surface area (TPSA) is 87.7 Å². The largest absolute Gasteiger partial charge is 0.444 e. The van der Waals surface area contributed by atoms with Crippen LogP contribution in [-0.2, 0) is 14.3 Å². The third-order valence-corrected chi connectivity index (χ3v) is 6.03. The van der Waals surface area contributed by atoms with E-state index < -0.39 is 29.3 Å². The summed E-state index contributed by atoms with van der Waals surface area (Å²) in [5.41, 5.74) is 1.48. The minimum Gasteiger partial charge on any atom is -0.444 e. The summed E-state index contributed by atoms with van der Waals surface area (Å²) in [6.07, 6.45) is 1.11. The van der Waals surface area contributed by atoms with Crippen LogP contribution in [-0.4, -0.2) is 46.0 Å². The van der Waals surface area contributed by atoms with E-state index in [0.717, 1.165) is 29.5 Å². The van der Waals surface area contributed by atoms with Crippen molar-refractivity contribution >= 4 is 17.9 Å². The minimum atomic E-state index is -0.867. The van der Waals surface area contributed by atoms with E-state index in [2.05, 4.69) is 17.6 Å². The fourth-order valence-corrected chi connectivity index (χ4v) is 4.12. The Labute approximate surface area is 218 Å². The molecule has 3 amide bonds. The van der Waals surface area contributed by atoms with Crippen LogP contribution in [0.5, 0.6) is 0 Å². The third kappa shape index (κ3) is 9.14. The fourth-order valence-electron chi connectivity index (χ4n) is 4.12. The molecule has 7 nitrogen and oxygen atoms in total. The van der Waals surface area contributed by atoms with E-state index in [1.54, 1.807) is 25.7 Å². The van der Waals surface area contributed by atoms with E-state index in [4.69, 9.17) is 4.74 Å². The van der Waals surface area contributed by atoms with Gasteiger partial charge in [-0.25, -0.2) is 4.79 Å². The smallest absolute Gasteiger partial charge is 0.408 e. The first-order chi connectivity index (χ1) is 16.4. The van der Waals surface area contributed by atoms with Crippen molar-refractivity contribution in [1.29, 1.82) is 0 Å². The van der Waals surface area contributed by atoms with E-state index in [1.165, 1.54) is 0 Å². The fraction of sp³-hybridized carbons (Fsp3) is 0.690. The number of aryl methyl sites for hydroxylation is 2. The Kier molecular flexibility index (Phi) is 11.0. The van der Waals surface area contributed by atoms with Gasteiger partial charge in [-0.15, -0.1) is 0 Å². The number of hydrogen-bond donors (Lipinski definition) is 2. The maximum absolute atomic E-state index is 14.2. The normalized spacial score (nSPS) is 14.6. The van der Waals surface area contributed by atoms with Crippen molar-refractivity contribution in [2.24, 2.45) is 5.92 Å². The van der Waals surface area contributed by atoms with Crippen LogP contribution in [0.3, 0.4) is 0 Å². The molecule has 1 rings (SSSR count). The summed E-state index contributed by atoms with van der Waals surface area (Å²) in [4.78, 5) is 42.3.